The van der Waals surface area contributed by atoms with E-state index in [9.17, 15) is 14.7 Å². The maximum atomic E-state index is 11.6. The number of thiazole rings is 1. The number of fused-ring (bicyclic) bond motifs is 1. The normalized spacial score (nSPS) is 10.7. The van der Waals surface area contributed by atoms with Crippen molar-refractivity contribution in [2.75, 3.05) is 25.0 Å². The van der Waals surface area contributed by atoms with E-state index in [0.29, 0.717) is 17.3 Å². The Morgan fingerprint density at radius 1 is 1.55 bits per heavy atom. The van der Waals surface area contributed by atoms with Gasteiger partial charge in [-0.2, -0.15) is 0 Å². The fourth-order valence-electron chi connectivity index (χ4n) is 1.98. The number of carbonyl (C=O) groups is 2. The number of imidazole rings is 1. The lowest BCUT2D eigenvalue weighted by atomic mass is 10.3. The number of aromatic nitrogens is 2. The zero-order valence-corrected chi connectivity index (χ0v) is 12.1. The Labute approximate surface area is 119 Å². The van der Waals surface area contributed by atoms with Crippen molar-refractivity contribution in [3.8, 4) is 0 Å². The van der Waals surface area contributed by atoms with Crippen molar-refractivity contribution in [3.63, 3.8) is 0 Å². The summed E-state index contributed by atoms with van der Waals surface area (Å²) in [4.78, 5) is 29.7. The van der Waals surface area contributed by atoms with Crippen LogP contribution < -0.4 is 10.2 Å². The molecule has 2 N–H and O–H groups in total. The third-order valence-corrected chi connectivity index (χ3v) is 3.61. The number of rotatable bonds is 6. The van der Waals surface area contributed by atoms with Crippen molar-refractivity contribution in [2.24, 2.45) is 0 Å². The molecule has 0 radical (unpaired) electrons. The van der Waals surface area contributed by atoms with Gasteiger partial charge in [-0.15, -0.1) is 11.3 Å². The number of aromatic carboxylic acids is 1. The van der Waals surface area contributed by atoms with Gasteiger partial charge in [-0.3, -0.25) is 9.20 Å². The summed E-state index contributed by atoms with van der Waals surface area (Å²) in [5.74, 6) is -0.884. The molecular weight excluding hydrogens is 280 g/mol. The predicted octanol–water partition coefficient (Wildman–Crippen LogP) is 1.06. The smallest absolute Gasteiger partial charge is 0.356 e. The van der Waals surface area contributed by atoms with Crippen LogP contribution in [-0.2, 0) is 4.79 Å². The van der Waals surface area contributed by atoms with E-state index in [0.717, 1.165) is 6.42 Å². The zero-order valence-electron chi connectivity index (χ0n) is 11.3. The van der Waals surface area contributed by atoms with E-state index in [4.69, 9.17) is 0 Å². The summed E-state index contributed by atoms with van der Waals surface area (Å²) in [5, 5.41) is 13.7. The summed E-state index contributed by atoms with van der Waals surface area (Å²) in [6.45, 7) is 2.63. The van der Waals surface area contributed by atoms with E-state index in [-0.39, 0.29) is 18.1 Å². The molecule has 2 heterocycles. The first-order valence-corrected chi connectivity index (χ1v) is 7.10. The number of hydrogen-bond donors (Lipinski definition) is 2. The van der Waals surface area contributed by atoms with Crippen LogP contribution in [0.5, 0.6) is 0 Å². The number of hydrogen-bond acceptors (Lipinski definition) is 5. The average molecular weight is 296 g/mol. The number of carboxylic acids is 1. The van der Waals surface area contributed by atoms with Crippen LogP contribution in [0.2, 0.25) is 0 Å². The van der Waals surface area contributed by atoms with Gasteiger partial charge in [-0.25, -0.2) is 9.78 Å². The number of carboxylic acid groups (broad SMARTS) is 1. The standard InChI is InChI=1S/C12H16N4O3S/c1-3-4-15(7-8(17)13-2)10-9(11(18)19)16-5-6-20-12(16)14-10/h5-6H,3-4,7H2,1-2H3,(H,13,17)(H,18,19). The maximum Gasteiger partial charge on any atom is 0.356 e. The van der Waals surface area contributed by atoms with E-state index in [1.165, 1.54) is 15.7 Å². The van der Waals surface area contributed by atoms with E-state index >= 15 is 0 Å². The third kappa shape index (κ3) is 2.60. The van der Waals surface area contributed by atoms with Gasteiger partial charge in [0.15, 0.2) is 16.5 Å². The molecule has 0 saturated carbocycles. The minimum absolute atomic E-state index is 0.0927. The first-order chi connectivity index (χ1) is 9.58. The van der Waals surface area contributed by atoms with Crippen molar-refractivity contribution in [3.05, 3.63) is 17.3 Å². The minimum Gasteiger partial charge on any atom is -0.476 e. The van der Waals surface area contributed by atoms with Gasteiger partial charge < -0.3 is 15.3 Å². The molecule has 0 aliphatic carbocycles. The van der Waals surface area contributed by atoms with Gasteiger partial charge in [0.05, 0.1) is 6.54 Å². The molecule has 2 rings (SSSR count). The Balaban J connectivity index is 2.46. The van der Waals surface area contributed by atoms with Crippen molar-refractivity contribution in [1.29, 1.82) is 0 Å². The molecule has 2 aromatic heterocycles. The lowest BCUT2D eigenvalue weighted by Gasteiger charge is -2.21. The molecule has 7 nitrogen and oxygen atoms in total. The molecular formula is C12H16N4O3S. The summed E-state index contributed by atoms with van der Waals surface area (Å²) in [6, 6.07) is 0. The van der Waals surface area contributed by atoms with Gasteiger partial charge in [0.1, 0.15) is 0 Å². The maximum absolute atomic E-state index is 11.6. The van der Waals surface area contributed by atoms with Crippen LogP contribution in [0.25, 0.3) is 4.96 Å². The molecule has 2 aromatic rings. The van der Waals surface area contributed by atoms with Gasteiger partial charge in [-0.1, -0.05) is 6.92 Å². The predicted molar refractivity (Wildman–Crippen MR) is 76.6 cm³/mol. The summed E-state index contributed by atoms with van der Waals surface area (Å²) < 4.78 is 1.54. The number of carbonyl (C=O) groups excluding carboxylic acids is 1. The van der Waals surface area contributed by atoms with Crippen molar-refractivity contribution >= 4 is 34.0 Å². The molecule has 8 heteroatoms. The van der Waals surface area contributed by atoms with E-state index in [2.05, 4.69) is 10.3 Å². The van der Waals surface area contributed by atoms with Crippen LogP contribution in [0.3, 0.4) is 0 Å². The van der Waals surface area contributed by atoms with Gasteiger partial charge in [0.2, 0.25) is 5.91 Å². The molecule has 0 atom stereocenters. The number of nitrogens with zero attached hydrogens (tertiary/aromatic N) is 3. The van der Waals surface area contributed by atoms with Gasteiger partial charge >= 0.3 is 5.97 Å². The number of anilines is 1. The summed E-state index contributed by atoms with van der Waals surface area (Å²) in [5.41, 5.74) is 0.0959. The highest BCUT2D eigenvalue weighted by Gasteiger charge is 2.24. The highest BCUT2D eigenvalue weighted by molar-refractivity contribution is 7.15. The molecule has 0 aromatic carbocycles. The number of amides is 1. The molecule has 1 amide bonds. The van der Waals surface area contributed by atoms with Crippen LogP contribution in [0, 0.1) is 0 Å². The number of nitrogens with one attached hydrogen (secondary N) is 1. The Hall–Kier alpha value is -2.09. The van der Waals surface area contributed by atoms with E-state index < -0.39 is 5.97 Å². The van der Waals surface area contributed by atoms with Crippen LogP contribution in [0.1, 0.15) is 23.8 Å². The molecule has 0 aliphatic heterocycles. The summed E-state index contributed by atoms with van der Waals surface area (Å²) in [6.07, 6.45) is 2.46. The van der Waals surface area contributed by atoms with Crippen molar-refractivity contribution < 1.29 is 14.7 Å². The topological polar surface area (TPSA) is 86.9 Å². The van der Waals surface area contributed by atoms with Crippen molar-refractivity contribution in [2.45, 2.75) is 13.3 Å². The monoisotopic (exact) mass is 296 g/mol. The quantitative estimate of drug-likeness (QED) is 0.832. The molecule has 20 heavy (non-hydrogen) atoms. The Morgan fingerprint density at radius 2 is 2.30 bits per heavy atom. The number of likely N-dealkylation sites (N-methyl/N-ethyl adjacent to an activating group) is 1. The van der Waals surface area contributed by atoms with Gasteiger partial charge in [0.25, 0.3) is 0 Å². The molecule has 0 bridgehead atoms. The summed E-state index contributed by atoms with van der Waals surface area (Å²) >= 11 is 1.36. The Bertz CT molecular complexity index is 634. The van der Waals surface area contributed by atoms with Crippen LogP contribution in [0.4, 0.5) is 5.82 Å². The second-order valence-corrected chi connectivity index (χ2v) is 5.11. The van der Waals surface area contributed by atoms with Crippen molar-refractivity contribution in [1.82, 2.24) is 14.7 Å². The SMILES string of the molecule is CCCN(CC(=O)NC)c1nc2sccn2c1C(=O)O. The average Bonchev–Trinajstić information content (AvgIpc) is 2.97. The highest BCUT2D eigenvalue weighted by Crippen LogP contribution is 2.24. The van der Waals surface area contributed by atoms with Crippen LogP contribution >= 0.6 is 11.3 Å². The third-order valence-electron chi connectivity index (χ3n) is 2.85. The first-order valence-electron chi connectivity index (χ1n) is 6.22. The van der Waals surface area contributed by atoms with Crippen LogP contribution in [0.15, 0.2) is 11.6 Å². The molecule has 0 unspecified atom stereocenters. The zero-order chi connectivity index (χ0) is 14.7. The van der Waals surface area contributed by atoms with Gasteiger partial charge in [0, 0.05) is 25.2 Å². The molecule has 0 saturated heterocycles. The highest BCUT2D eigenvalue weighted by atomic mass is 32.1. The van der Waals surface area contributed by atoms with Gasteiger partial charge in [-0.05, 0) is 6.42 Å². The second-order valence-electron chi connectivity index (χ2n) is 4.24. The minimum atomic E-state index is -1.05. The Morgan fingerprint density at radius 3 is 2.90 bits per heavy atom. The fourth-order valence-corrected chi connectivity index (χ4v) is 2.68. The lowest BCUT2D eigenvalue weighted by Crippen LogP contribution is -2.37. The molecule has 0 aliphatic rings. The largest absolute Gasteiger partial charge is 0.476 e. The molecule has 0 spiro atoms. The van der Waals surface area contributed by atoms with E-state index in [1.807, 2.05) is 6.92 Å². The molecule has 0 fully saturated rings. The van der Waals surface area contributed by atoms with Crippen LogP contribution in [-0.4, -0.2) is 46.5 Å². The van der Waals surface area contributed by atoms with E-state index in [1.54, 1.807) is 23.5 Å². The summed E-state index contributed by atoms with van der Waals surface area (Å²) in [7, 11) is 1.55. The second kappa shape index (κ2) is 5.91. The first kappa shape index (κ1) is 14.3. The Kier molecular flexibility index (Phi) is 4.23. The molecule has 108 valence electrons. The lowest BCUT2D eigenvalue weighted by molar-refractivity contribution is -0.119. The fraction of sp³-hybridized carbons (Fsp3) is 0.417.